The van der Waals surface area contributed by atoms with Crippen molar-refractivity contribution in [1.82, 2.24) is 15.1 Å². The van der Waals surface area contributed by atoms with Crippen LogP contribution in [-0.4, -0.2) is 42.7 Å². The molecule has 0 bridgehead atoms. The third-order valence-corrected chi connectivity index (χ3v) is 2.34. The fourth-order valence-electron chi connectivity index (χ4n) is 1.55. The summed E-state index contributed by atoms with van der Waals surface area (Å²) < 4.78 is 12.5. The zero-order chi connectivity index (χ0) is 12.5. The lowest BCUT2D eigenvalue weighted by Crippen LogP contribution is -2.33. The lowest BCUT2D eigenvalue weighted by atomic mass is 10.3. The van der Waals surface area contributed by atoms with Gasteiger partial charge in [-0.1, -0.05) is 6.92 Å². The summed E-state index contributed by atoms with van der Waals surface area (Å²) in [7, 11) is 1.71. The molecule has 0 radical (unpaired) electrons. The Morgan fingerprint density at radius 2 is 2.35 bits per heavy atom. The van der Waals surface area contributed by atoms with Crippen LogP contribution in [0.15, 0.2) is 12.4 Å². The fraction of sp³-hybridized carbons (Fsp3) is 0.750. The number of hydrogen-bond donors (Lipinski definition) is 1. The maximum absolute atomic E-state index is 5.57. The molecule has 1 atom stereocenters. The Balaban J connectivity index is 2.13. The van der Waals surface area contributed by atoms with Crippen molar-refractivity contribution < 1.29 is 9.47 Å². The quantitative estimate of drug-likeness (QED) is 0.662. The van der Waals surface area contributed by atoms with Gasteiger partial charge in [0.15, 0.2) is 5.75 Å². The van der Waals surface area contributed by atoms with Crippen LogP contribution in [0.2, 0.25) is 0 Å². The maximum atomic E-state index is 5.57. The molecule has 0 spiro atoms. The molecule has 5 nitrogen and oxygen atoms in total. The monoisotopic (exact) mass is 241 g/mol. The van der Waals surface area contributed by atoms with Crippen molar-refractivity contribution in [2.45, 2.75) is 32.9 Å². The van der Waals surface area contributed by atoms with Crippen molar-refractivity contribution >= 4 is 0 Å². The first-order valence-corrected chi connectivity index (χ1v) is 6.13. The molecule has 1 aromatic heterocycles. The van der Waals surface area contributed by atoms with E-state index in [4.69, 9.17) is 9.47 Å². The molecule has 17 heavy (non-hydrogen) atoms. The Morgan fingerprint density at radius 3 is 3.06 bits per heavy atom. The van der Waals surface area contributed by atoms with Crippen LogP contribution in [0, 0.1) is 0 Å². The number of aryl methyl sites for hydroxylation is 1. The molecular formula is C12H23N3O2. The first kappa shape index (κ1) is 14.0. The summed E-state index contributed by atoms with van der Waals surface area (Å²) in [5.41, 5.74) is 0. The van der Waals surface area contributed by atoms with Crippen molar-refractivity contribution in [2.24, 2.45) is 0 Å². The lowest BCUT2D eigenvalue weighted by molar-refractivity contribution is 0.169. The highest BCUT2D eigenvalue weighted by Crippen LogP contribution is 2.07. The number of rotatable bonds is 9. The minimum Gasteiger partial charge on any atom is -0.489 e. The van der Waals surface area contributed by atoms with Crippen molar-refractivity contribution in [1.29, 1.82) is 0 Å². The van der Waals surface area contributed by atoms with Crippen molar-refractivity contribution in [3.8, 4) is 5.75 Å². The largest absolute Gasteiger partial charge is 0.489 e. The summed E-state index contributed by atoms with van der Waals surface area (Å²) in [5, 5.41) is 7.51. The predicted molar refractivity (Wildman–Crippen MR) is 67.4 cm³/mol. The van der Waals surface area contributed by atoms with E-state index in [-0.39, 0.29) is 0 Å². The highest BCUT2D eigenvalue weighted by Gasteiger charge is 2.01. The highest BCUT2D eigenvalue weighted by molar-refractivity contribution is 5.11. The van der Waals surface area contributed by atoms with Gasteiger partial charge >= 0.3 is 0 Å². The average molecular weight is 241 g/mol. The van der Waals surface area contributed by atoms with E-state index in [0.717, 1.165) is 25.3 Å². The van der Waals surface area contributed by atoms with E-state index in [9.17, 15) is 0 Å². The number of nitrogens with one attached hydrogen (secondary N) is 1. The van der Waals surface area contributed by atoms with E-state index in [0.29, 0.717) is 19.3 Å². The summed E-state index contributed by atoms with van der Waals surface area (Å²) in [6.45, 7) is 7.32. The van der Waals surface area contributed by atoms with Gasteiger partial charge in [-0.2, -0.15) is 5.10 Å². The zero-order valence-electron chi connectivity index (χ0n) is 11.0. The van der Waals surface area contributed by atoms with Gasteiger partial charge in [0, 0.05) is 26.2 Å². The van der Waals surface area contributed by atoms with Gasteiger partial charge in [-0.05, 0) is 13.3 Å². The molecule has 0 aromatic carbocycles. The Morgan fingerprint density at radius 1 is 1.53 bits per heavy atom. The van der Waals surface area contributed by atoms with E-state index < -0.39 is 0 Å². The number of aromatic nitrogens is 2. The normalized spacial score (nSPS) is 12.6. The molecule has 0 fully saturated rings. The van der Waals surface area contributed by atoms with E-state index >= 15 is 0 Å². The number of ether oxygens (including phenoxy) is 2. The Kier molecular flexibility index (Phi) is 6.65. The van der Waals surface area contributed by atoms with Crippen LogP contribution in [0.5, 0.6) is 5.75 Å². The minimum absolute atomic E-state index is 0.353. The molecular weight excluding hydrogens is 218 g/mol. The van der Waals surface area contributed by atoms with E-state index in [2.05, 4.69) is 24.3 Å². The second-order valence-corrected chi connectivity index (χ2v) is 4.10. The lowest BCUT2D eigenvalue weighted by Gasteiger charge is -2.12. The molecule has 0 saturated heterocycles. The van der Waals surface area contributed by atoms with E-state index in [1.807, 2.05) is 10.9 Å². The second kappa shape index (κ2) is 8.08. The fourth-order valence-corrected chi connectivity index (χ4v) is 1.55. The third kappa shape index (κ3) is 5.70. The molecule has 0 aliphatic rings. The van der Waals surface area contributed by atoms with Gasteiger partial charge in [0.05, 0.1) is 19.0 Å². The first-order valence-electron chi connectivity index (χ1n) is 6.13. The van der Waals surface area contributed by atoms with Crippen molar-refractivity contribution in [3.63, 3.8) is 0 Å². The van der Waals surface area contributed by atoms with Crippen molar-refractivity contribution in [2.75, 3.05) is 26.9 Å². The smallest absolute Gasteiger partial charge is 0.157 e. The molecule has 0 saturated carbocycles. The van der Waals surface area contributed by atoms with Crippen LogP contribution >= 0.6 is 0 Å². The van der Waals surface area contributed by atoms with Crippen LogP contribution in [0.25, 0.3) is 0 Å². The molecule has 0 amide bonds. The highest BCUT2D eigenvalue weighted by atomic mass is 16.5. The summed E-state index contributed by atoms with van der Waals surface area (Å²) >= 11 is 0. The second-order valence-electron chi connectivity index (χ2n) is 4.10. The van der Waals surface area contributed by atoms with Gasteiger partial charge in [-0.15, -0.1) is 0 Å². The molecule has 1 N–H and O–H groups in total. The summed E-state index contributed by atoms with van der Waals surface area (Å²) in [6, 6.07) is 0.353. The average Bonchev–Trinajstić information content (AvgIpc) is 2.73. The van der Waals surface area contributed by atoms with E-state index in [1.165, 1.54) is 0 Å². The third-order valence-electron chi connectivity index (χ3n) is 2.34. The van der Waals surface area contributed by atoms with Gasteiger partial charge in [0.1, 0.15) is 6.61 Å². The number of methoxy groups -OCH3 is 1. The number of nitrogens with zero attached hydrogens (tertiary/aromatic N) is 2. The molecule has 0 aliphatic carbocycles. The van der Waals surface area contributed by atoms with Crippen LogP contribution in [-0.2, 0) is 11.3 Å². The number of hydrogen-bond acceptors (Lipinski definition) is 4. The van der Waals surface area contributed by atoms with Crippen LogP contribution in [0.4, 0.5) is 0 Å². The Hall–Kier alpha value is -1.07. The Labute approximate surface area is 103 Å². The summed E-state index contributed by atoms with van der Waals surface area (Å²) in [6.07, 6.45) is 4.77. The maximum Gasteiger partial charge on any atom is 0.157 e. The summed E-state index contributed by atoms with van der Waals surface area (Å²) in [5.74, 6) is 0.833. The molecule has 1 unspecified atom stereocenters. The van der Waals surface area contributed by atoms with Gasteiger partial charge in [0.25, 0.3) is 0 Å². The van der Waals surface area contributed by atoms with Crippen molar-refractivity contribution in [3.05, 3.63) is 12.4 Å². The molecule has 1 heterocycles. The molecule has 5 heteroatoms. The predicted octanol–water partition coefficient (Wildman–Crippen LogP) is 1.30. The minimum atomic E-state index is 0.353. The van der Waals surface area contributed by atoms with Crippen LogP contribution in [0.1, 0.15) is 20.3 Å². The van der Waals surface area contributed by atoms with E-state index in [1.54, 1.807) is 13.3 Å². The molecule has 1 aromatic rings. The van der Waals surface area contributed by atoms with Crippen LogP contribution in [0.3, 0.4) is 0 Å². The van der Waals surface area contributed by atoms with Crippen LogP contribution < -0.4 is 10.1 Å². The van der Waals surface area contributed by atoms with Gasteiger partial charge in [-0.25, -0.2) is 0 Å². The first-order chi connectivity index (χ1) is 8.26. The molecule has 0 aliphatic heterocycles. The van der Waals surface area contributed by atoms with Gasteiger partial charge in [0.2, 0.25) is 0 Å². The standard InChI is InChI=1S/C12H23N3O2/c1-4-6-15-9-12(8-14-15)17-7-5-13-11(2)10-16-3/h8-9,11,13H,4-7,10H2,1-3H3. The SMILES string of the molecule is CCCn1cc(OCCNC(C)COC)cn1. The summed E-state index contributed by atoms with van der Waals surface area (Å²) in [4.78, 5) is 0. The molecule has 98 valence electrons. The Bertz CT molecular complexity index is 302. The zero-order valence-corrected chi connectivity index (χ0v) is 11.0. The molecule has 1 rings (SSSR count). The topological polar surface area (TPSA) is 48.3 Å². The van der Waals surface area contributed by atoms with Gasteiger partial charge in [-0.3, -0.25) is 4.68 Å². The van der Waals surface area contributed by atoms with Gasteiger partial charge < -0.3 is 14.8 Å².